The van der Waals surface area contributed by atoms with E-state index in [9.17, 15) is 4.79 Å². The highest BCUT2D eigenvalue weighted by molar-refractivity contribution is 5.94. The molecule has 1 radical (unpaired) electrons. The van der Waals surface area contributed by atoms with E-state index >= 15 is 0 Å². The van der Waals surface area contributed by atoms with E-state index in [1.807, 2.05) is 58.3 Å². The Hall–Kier alpha value is -2.73. The highest BCUT2D eigenvalue weighted by Crippen LogP contribution is 2.30. The van der Waals surface area contributed by atoms with Crippen LogP contribution in [0.15, 0.2) is 48.5 Å². The van der Waals surface area contributed by atoms with E-state index in [4.69, 9.17) is 9.47 Å². The molecule has 0 saturated carbocycles. The second kappa shape index (κ2) is 8.33. The summed E-state index contributed by atoms with van der Waals surface area (Å²) in [6, 6.07) is 15.6. The van der Waals surface area contributed by atoms with Crippen molar-refractivity contribution in [2.75, 3.05) is 44.7 Å². The molecule has 6 nitrogen and oxygen atoms in total. The maximum atomic E-state index is 12.9. The summed E-state index contributed by atoms with van der Waals surface area (Å²) >= 11 is 0. The molecule has 0 bridgehead atoms. The van der Waals surface area contributed by atoms with Crippen molar-refractivity contribution in [3.05, 3.63) is 54.4 Å². The van der Waals surface area contributed by atoms with Crippen LogP contribution in [-0.2, 0) is 0 Å². The number of carbonyl (C=O) groups is 1. The van der Waals surface area contributed by atoms with Crippen LogP contribution in [0.25, 0.3) is 0 Å². The number of nitrogens with zero attached hydrogens (tertiary/aromatic N) is 3. The van der Waals surface area contributed by atoms with Gasteiger partial charge < -0.3 is 14.4 Å². The van der Waals surface area contributed by atoms with Crippen LogP contribution in [0.2, 0.25) is 0 Å². The molecule has 2 aromatic rings. The smallest absolute Gasteiger partial charge is 0.324 e. The third-order valence-electron chi connectivity index (χ3n) is 5.42. The Morgan fingerprint density at radius 1 is 0.931 bits per heavy atom. The van der Waals surface area contributed by atoms with Gasteiger partial charge in [-0.15, -0.1) is 0 Å². The van der Waals surface area contributed by atoms with E-state index in [1.165, 1.54) is 5.92 Å². The van der Waals surface area contributed by atoms with Crippen LogP contribution in [0.5, 0.6) is 17.2 Å². The summed E-state index contributed by atoms with van der Waals surface area (Å²) < 4.78 is 11.1. The molecule has 2 aromatic carbocycles. The van der Waals surface area contributed by atoms with Crippen molar-refractivity contribution >= 4 is 11.7 Å². The van der Waals surface area contributed by atoms with Crippen LogP contribution in [-0.4, -0.2) is 61.7 Å². The predicted octanol–water partition coefficient (Wildman–Crippen LogP) is 4.03. The zero-order valence-electron chi connectivity index (χ0n) is 17.3. The van der Waals surface area contributed by atoms with Crippen molar-refractivity contribution < 1.29 is 14.3 Å². The minimum Gasteiger partial charge on any atom is -0.497 e. The average Bonchev–Trinajstić information content (AvgIpc) is 3.04. The Balaban J connectivity index is 1.40. The van der Waals surface area contributed by atoms with Gasteiger partial charge in [-0.1, -0.05) is 13.8 Å². The maximum absolute atomic E-state index is 12.9. The Kier molecular flexibility index (Phi) is 5.62. The maximum Gasteiger partial charge on any atom is 0.324 e. The molecule has 2 aliphatic heterocycles. The van der Waals surface area contributed by atoms with E-state index in [0.717, 1.165) is 55.7 Å². The minimum atomic E-state index is 0.107. The van der Waals surface area contributed by atoms with Gasteiger partial charge in [-0.05, 0) is 54.4 Å². The Labute approximate surface area is 172 Å². The van der Waals surface area contributed by atoms with Crippen LogP contribution >= 0.6 is 0 Å². The van der Waals surface area contributed by atoms with Gasteiger partial charge in [0, 0.05) is 38.4 Å². The molecular formula is C23H28N3O3. The summed E-state index contributed by atoms with van der Waals surface area (Å²) in [6.07, 6.45) is 0. The average molecular weight is 394 g/mol. The molecule has 0 unspecified atom stereocenters. The van der Waals surface area contributed by atoms with E-state index in [2.05, 4.69) is 18.7 Å². The fraction of sp³-hybridized carbons (Fsp3) is 0.391. The summed E-state index contributed by atoms with van der Waals surface area (Å²) in [4.78, 5) is 19.2. The van der Waals surface area contributed by atoms with E-state index < -0.39 is 0 Å². The molecule has 1 atom stereocenters. The Morgan fingerprint density at radius 2 is 1.55 bits per heavy atom. The van der Waals surface area contributed by atoms with Crippen LogP contribution < -0.4 is 14.4 Å². The van der Waals surface area contributed by atoms with Gasteiger partial charge in [0.1, 0.15) is 17.2 Å². The molecule has 2 aliphatic rings. The van der Waals surface area contributed by atoms with Gasteiger partial charge in [0.25, 0.3) is 0 Å². The van der Waals surface area contributed by atoms with Crippen molar-refractivity contribution in [2.45, 2.75) is 19.9 Å². The van der Waals surface area contributed by atoms with Crippen LogP contribution in [0.1, 0.15) is 13.8 Å². The zero-order chi connectivity index (χ0) is 20.4. The van der Waals surface area contributed by atoms with Crippen molar-refractivity contribution in [2.24, 2.45) is 0 Å². The molecule has 29 heavy (non-hydrogen) atoms. The number of fused-ring (bicyclic) bond motifs is 1. The molecular weight excluding hydrogens is 366 g/mol. The highest BCUT2D eigenvalue weighted by Gasteiger charge is 2.41. The standard InChI is InChI=1S/C23H28N3O3/c1-17(2)14-24-12-13-25-19(15-24)16-26(23(25)27)18-4-6-21(7-5-18)29-22-10-8-20(28-3)9-11-22/h4-11,19H,12-16H2,1-3H3/t19-/m1/s1. The third kappa shape index (κ3) is 4.32. The number of hydrogen-bond acceptors (Lipinski definition) is 4. The van der Waals surface area contributed by atoms with Crippen molar-refractivity contribution in [1.82, 2.24) is 9.80 Å². The summed E-state index contributed by atoms with van der Waals surface area (Å²) in [5.74, 6) is 3.69. The van der Waals surface area contributed by atoms with Gasteiger partial charge in [-0.25, -0.2) is 4.79 Å². The monoisotopic (exact) mass is 394 g/mol. The molecule has 2 saturated heterocycles. The van der Waals surface area contributed by atoms with Gasteiger partial charge >= 0.3 is 6.03 Å². The largest absolute Gasteiger partial charge is 0.497 e. The van der Waals surface area contributed by atoms with Crippen molar-refractivity contribution in [1.29, 1.82) is 0 Å². The first-order chi connectivity index (χ1) is 14.0. The molecule has 2 fully saturated rings. The lowest BCUT2D eigenvalue weighted by atomic mass is 10.1. The second-order valence-corrected chi connectivity index (χ2v) is 7.95. The molecule has 0 aromatic heterocycles. The third-order valence-corrected chi connectivity index (χ3v) is 5.42. The Bertz CT molecular complexity index is 835. The number of benzene rings is 2. The molecule has 153 valence electrons. The second-order valence-electron chi connectivity index (χ2n) is 7.95. The van der Waals surface area contributed by atoms with E-state index in [0.29, 0.717) is 0 Å². The van der Waals surface area contributed by atoms with Gasteiger partial charge in [-0.2, -0.15) is 0 Å². The molecule has 6 heteroatoms. The first-order valence-corrected chi connectivity index (χ1v) is 10.0. The minimum absolute atomic E-state index is 0.107. The number of anilines is 1. The summed E-state index contributed by atoms with van der Waals surface area (Å²) in [6.45, 7) is 8.74. The summed E-state index contributed by atoms with van der Waals surface area (Å²) in [5.41, 5.74) is 0.913. The molecule has 2 heterocycles. The first-order valence-electron chi connectivity index (χ1n) is 10.0. The van der Waals surface area contributed by atoms with Gasteiger partial charge in [0.05, 0.1) is 13.2 Å². The molecule has 0 N–H and O–H groups in total. The number of carbonyl (C=O) groups excluding carboxylic acids is 1. The number of rotatable bonds is 6. The Morgan fingerprint density at radius 3 is 2.17 bits per heavy atom. The highest BCUT2D eigenvalue weighted by atomic mass is 16.5. The topological polar surface area (TPSA) is 45.3 Å². The fourth-order valence-electron chi connectivity index (χ4n) is 4.05. The summed E-state index contributed by atoms with van der Waals surface area (Å²) in [5, 5.41) is 0. The lowest BCUT2D eigenvalue weighted by molar-refractivity contribution is 0.125. The molecule has 2 amide bonds. The summed E-state index contributed by atoms with van der Waals surface area (Å²) in [7, 11) is 1.64. The van der Waals surface area contributed by atoms with Crippen molar-refractivity contribution in [3.63, 3.8) is 0 Å². The van der Waals surface area contributed by atoms with E-state index in [1.54, 1.807) is 7.11 Å². The normalized spacial score (nSPS) is 19.6. The van der Waals surface area contributed by atoms with Crippen LogP contribution in [0.3, 0.4) is 0 Å². The van der Waals surface area contributed by atoms with Gasteiger partial charge in [-0.3, -0.25) is 9.80 Å². The first kappa shape index (κ1) is 19.6. The fourth-order valence-corrected chi connectivity index (χ4v) is 4.05. The van der Waals surface area contributed by atoms with E-state index in [-0.39, 0.29) is 12.1 Å². The number of methoxy groups -OCH3 is 1. The van der Waals surface area contributed by atoms with Crippen LogP contribution in [0.4, 0.5) is 10.5 Å². The van der Waals surface area contributed by atoms with Gasteiger partial charge in [0.2, 0.25) is 0 Å². The predicted molar refractivity (Wildman–Crippen MR) is 114 cm³/mol. The molecule has 0 aliphatic carbocycles. The number of amides is 2. The molecule has 4 rings (SSSR count). The molecule has 0 spiro atoms. The zero-order valence-corrected chi connectivity index (χ0v) is 17.3. The lowest BCUT2D eigenvalue weighted by Crippen LogP contribution is -2.52. The quantitative estimate of drug-likeness (QED) is 0.742. The number of hydrogen-bond donors (Lipinski definition) is 0. The number of piperazine rings is 1. The number of ether oxygens (including phenoxy) is 2. The van der Waals surface area contributed by atoms with Crippen LogP contribution in [0, 0.1) is 5.92 Å². The lowest BCUT2D eigenvalue weighted by Gasteiger charge is -2.37. The number of urea groups is 1. The van der Waals surface area contributed by atoms with Crippen molar-refractivity contribution in [3.8, 4) is 17.2 Å². The SMILES string of the molecule is COc1ccc(Oc2ccc(N3C[C@H]4CN(C[C](C)C)CCN4C3=O)cc2)cc1. The van der Waals surface area contributed by atoms with Gasteiger partial charge in [0.15, 0.2) is 0 Å².